The second-order valence-corrected chi connectivity index (χ2v) is 4.61. The molecule has 0 spiro atoms. The van der Waals surface area contributed by atoms with Gasteiger partial charge in [-0.15, -0.1) is 0 Å². The highest BCUT2D eigenvalue weighted by molar-refractivity contribution is 6.32. The number of methoxy groups -OCH3 is 2. The van der Waals surface area contributed by atoms with Crippen molar-refractivity contribution in [3.63, 3.8) is 0 Å². The van der Waals surface area contributed by atoms with Crippen molar-refractivity contribution >= 4 is 23.2 Å². The van der Waals surface area contributed by atoms with Crippen LogP contribution in [0.15, 0.2) is 36.5 Å². The summed E-state index contributed by atoms with van der Waals surface area (Å²) in [4.78, 5) is 15.9. The van der Waals surface area contributed by atoms with Crippen LogP contribution in [0.25, 0.3) is 0 Å². The molecule has 0 radical (unpaired) electrons. The van der Waals surface area contributed by atoms with E-state index in [1.165, 1.54) is 0 Å². The summed E-state index contributed by atoms with van der Waals surface area (Å²) in [6.07, 6.45) is 1.76. The summed E-state index contributed by atoms with van der Waals surface area (Å²) in [5.74, 6) is 1.02. The molecule has 0 saturated heterocycles. The van der Waals surface area contributed by atoms with Crippen molar-refractivity contribution in [3.05, 3.63) is 47.2 Å². The zero-order valence-electron chi connectivity index (χ0n) is 11.7. The first kappa shape index (κ1) is 15.1. The van der Waals surface area contributed by atoms with Crippen molar-refractivity contribution < 1.29 is 14.3 Å². The van der Waals surface area contributed by atoms with E-state index >= 15 is 0 Å². The van der Waals surface area contributed by atoms with E-state index in [4.69, 9.17) is 21.1 Å². The topological polar surface area (TPSA) is 60.5 Å². The second kappa shape index (κ2) is 6.95. The van der Waals surface area contributed by atoms with E-state index in [2.05, 4.69) is 10.3 Å². The van der Waals surface area contributed by atoms with Crippen LogP contribution in [0.3, 0.4) is 0 Å². The number of hydrogen-bond acceptors (Lipinski definition) is 4. The normalized spacial score (nSPS) is 10.0. The summed E-state index contributed by atoms with van der Waals surface area (Å²) in [6, 6.07) is 8.74. The lowest BCUT2D eigenvalue weighted by Gasteiger charge is -2.10. The number of rotatable bonds is 5. The van der Waals surface area contributed by atoms with E-state index in [0.717, 1.165) is 5.56 Å². The van der Waals surface area contributed by atoms with E-state index in [9.17, 15) is 4.79 Å². The van der Waals surface area contributed by atoms with Crippen molar-refractivity contribution in [2.24, 2.45) is 0 Å². The number of benzene rings is 1. The molecular formula is C15H15ClN2O3. The van der Waals surface area contributed by atoms with Gasteiger partial charge in [-0.1, -0.05) is 17.7 Å². The third-order valence-corrected chi connectivity index (χ3v) is 3.15. The van der Waals surface area contributed by atoms with Gasteiger partial charge in [-0.25, -0.2) is 4.98 Å². The Morgan fingerprint density at radius 3 is 2.67 bits per heavy atom. The number of amides is 1. The van der Waals surface area contributed by atoms with Crippen LogP contribution >= 0.6 is 11.6 Å². The van der Waals surface area contributed by atoms with E-state index < -0.39 is 0 Å². The van der Waals surface area contributed by atoms with Gasteiger partial charge in [0.15, 0.2) is 16.7 Å². The molecule has 0 atom stereocenters. The number of hydrogen-bond donors (Lipinski definition) is 1. The third kappa shape index (κ3) is 3.86. The first-order chi connectivity index (χ1) is 10.1. The standard InChI is InChI=1S/C15H15ClN2O3/c1-20-12-6-5-10(8-13(12)21-2)9-14(19)18-11-4-3-7-17-15(11)16/h3-8H,9H2,1-2H3,(H,18,19). The van der Waals surface area contributed by atoms with Gasteiger partial charge in [0, 0.05) is 6.20 Å². The Labute approximate surface area is 127 Å². The highest BCUT2D eigenvalue weighted by atomic mass is 35.5. The Bertz CT molecular complexity index is 647. The number of pyridine rings is 1. The fourth-order valence-corrected chi connectivity index (χ4v) is 2.02. The summed E-state index contributed by atoms with van der Waals surface area (Å²) < 4.78 is 10.4. The number of halogens is 1. The molecule has 21 heavy (non-hydrogen) atoms. The molecule has 1 amide bonds. The maximum atomic E-state index is 12.0. The van der Waals surface area contributed by atoms with Gasteiger partial charge in [0.05, 0.1) is 26.3 Å². The average Bonchev–Trinajstić information content (AvgIpc) is 2.49. The molecule has 1 heterocycles. The average molecular weight is 307 g/mol. The van der Waals surface area contributed by atoms with Crippen LogP contribution < -0.4 is 14.8 Å². The predicted molar refractivity (Wildman–Crippen MR) is 81.1 cm³/mol. The van der Waals surface area contributed by atoms with Crippen molar-refractivity contribution in [1.82, 2.24) is 4.98 Å². The summed E-state index contributed by atoms with van der Waals surface area (Å²) in [6.45, 7) is 0. The summed E-state index contributed by atoms with van der Waals surface area (Å²) in [5, 5.41) is 2.98. The quantitative estimate of drug-likeness (QED) is 0.863. The summed E-state index contributed by atoms with van der Waals surface area (Å²) in [5.41, 5.74) is 1.30. The third-order valence-electron chi connectivity index (χ3n) is 2.85. The van der Waals surface area contributed by atoms with Crippen LogP contribution in [0.4, 0.5) is 5.69 Å². The van der Waals surface area contributed by atoms with Crippen molar-refractivity contribution in [3.8, 4) is 11.5 Å². The number of carbonyl (C=O) groups excluding carboxylic acids is 1. The Morgan fingerprint density at radius 1 is 1.24 bits per heavy atom. The van der Waals surface area contributed by atoms with Gasteiger partial charge >= 0.3 is 0 Å². The van der Waals surface area contributed by atoms with Gasteiger partial charge in [-0.3, -0.25) is 4.79 Å². The van der Waals surface area contributed by atoms with E-state index in [0.29, 0.717) is 17.2 Å². The molecule has 0 saturated carbocycles. The Balaban J connectivity index is 2.08. The van der Waals surface area contributed by atoms with Crippen LogP contribution in [0, 0.1) is 0 Å². The fourth-order valence-electron chi connectivity index (χ4n) is 1.85. The number of carbonyl (C=O) groups is 1. The second-order valence-electron chi connectivity index (χ2n) is 4.26. The molecule has 2 aromatic rings. The lowest BCUT2D eigenvalue weighted by Crippen LogP contribution is -2.15. The maximum Gasteiger partial charge on any atom is 0.228 e. The van der Waals surface area contributed by atoms with Gasteiger partial charge in [0.1, 0.15) is 0 Å². The molecule has 5 nitrogen and oxygen atoms in total. The van der Waals surface area contributed by atoms with Crippen LogP contribution in [0.1, 0.15) is 5.56 Å². The van der Waals surface area contributed by atoms with Gasteiger partial charge in [0.2, 0.25) is 5.91 Å². The van der Waals surface area contributed by atoms with E-state index in [1.807, 2.05) is 6.07 Å². The van der Waals surface area contributed by atoms with Crippen LogP contribution in [0.5, 0.6) is 11.5 Å². The molecule has 0 unspecified atom stereocenters. The first-order valence-corrected chi connectivity index (χ1v) is 6.63. The number of nitrogens with one attached hydrogen (secondary N) is 1. The zero-order valence-corrected chi connectivity index (χ0v) is 12.5. The largest absolute Gasteiger partial charge is 0.493 e. The van der Waals surface area contributed by atoms with E-state index in [-0.39, 0.29) is 17.5 Å². The molecule has 0 aliphatic carbocycles. The highest BCUT2D eigenvalue weighted by Gasteiger charge is 2.10. The molecule has 2 rings (SSSR count). The molecule has 0 aliphatic rings. The molecule has 110 valence electrons. The Morgan fingerprint density at radius 2 is 2.00 bits per heavy atom. The van der Waals surface area contributed by atoms with Gasteiger partial charge in [0.25, 0.3) is 0 Å². The van der Waals surface area contributed by atoms with Gasteiger partial charge in [-0.05, 0) is 29.8 Å². The molecule has 6 heteroatoms. The fraction of sp³-hybridized carbons (Fsp3) is 0.200. The highest BCUT2D eigenvalue weighted by Crippen LogP contribution is 2.28. The van der Waals surface area contributed by atoms with Crippen LogP contribution in [0.2, 0.25) is 5.15 Å². The van der Waals surface area contributed by atoms with Gasteiger partial charge < -0.3 is 14.8 Å². The summed E-state index contributed by atoms with van der Waals surface area (Å²) in [7, 11) is 3.12. The van der Waals surface area contributed by atoms with E-state index in [1.54, 1.807) is 44.7 Å². The summed E-state index contributed by atoms with van der Waals surface area (Å²) >= 11 is 5.90. The lowest BCUT2D eigenvalue weighted by molar-refractivity contribution is -0.115. The molecule has 0 fully saturated rings. The van der Waals surface area contributed by atoms with Crippen LogP contribution in [-0.4, -0.2) is 25.1 Å². The predicted octanol–water partition coefficient (Wildman–Crippen LogP) is 2.93. The molecular weight excluding hydrogens is 292 g/mol. The monoisotopic (exact) mass is 306 g/mol. The minimum absolute atomic E-state index is 0.183. The first-order valence-electron chi connectivity index (χ1n) is 6.25. The molecule has 0 bridgehead atoms. The van der Waals surface area contributed by atoms with Crippen molar-refractivity contribution in [2.45, 2.75) is 6.42 Å². The zero-order chi connectivity index (χ0) is 15.2. The van der Waals surface area contributed by atoms with Crippen LogP contribution in [-0.2, 0) is 11.2 Å². The maximum absolute atomic E-state index is 12.0. The van der Waals surface area contributed by atoms with Gasteiger partial charge in [-0.2, -0.15) is 0 Å². The number of anilines is 1. The number of aromatic nitrogens is 1. The number of nitrogens with zero attached hydrogens (tertiary/aromatic N) is 1. The smallest absolute Gasteiger partial charge is 0.228 e. The number of ether oxygens (including phenoxy) is 2. The Kier molecular flexibility index (Phi) is 5.00. The lowest BCUT2D eigenvalue weighted by atomic mass is 10.1. The molecule has 0 aliphatic heterocycles. The SMILES string of the molecule is COc1ccc(CC(=O)Nc2cccnc2Cl)cc1OC. The molecule has 1 aromatic heterocycles. The Hall–Kier alpha value is -2.27. The van der Waals surface area contributed by atoms with Crippen molar-refractivity contribution in [2.75, 3.05) is 19.5 Å². The van der Waals surface area contributed by atoms with Crippen molar-refractivity contribution in [1.29, 1.82) is 0 Å². The minimum Gasteiger partial charge on any atom is -0.493 e. The molecule has 1 aromatic carbocycles. The minimum atomic E-state index is -0.183. The molecule has 1 N–H and O–H groups in total.